The van der Waals surface area contributed by atoms with E-state index in [9.17, 15) is 9.90 Å². The van der Waals surface area contributed by atoms with E-state index in [1.165, 1.54) is 6.07 Å². The second-order valence-corrected chi connectivity index (χ2v) is 5.06. The van der Waals surface area contributed by atoms with Crippen LogP contribution in [0.3, 0.4) is 0 Å². The number of hydrogen-bond donors (Lipinski definition) is 2. The molecule has 0 radical (unpaired) electrons. The van der Waals surface area contributed by atoms with E-state index in [1.54, 1.807) is 39.0 Å². The van der Waals surface area contributed by atoms with E-state index >= 15 is 0 Å². The molecule has 0 aliphatic carbocycles. The van der Waals surface area contributed by atoms with Gasteiger partial charge in [-0.3, -0.25) is 4.79 Å². The number of pyridine rings is 1. The van der Waals surface area contributed by atoms with Crippen molar-refractivity contribution in [3.63, 3.8) is 0 Å². The average molecular weight is 291 g/mol. The summed E-state index contributed by atoms with van der Waals surface area (Å²) < 4.78 is 0. The largest absolute Gasteiger partial charge is 0.507 e. The van der Waals surface area contributed by atoms with Gasteiger partial charge in [-0.15, -0.1) is 0 Å². The summed E-state index contributed by atoms with van der Waals surface area (Å²) in [5, 5.41) is 12.9. The number of carbonyl (C=O) groups is 1. The summed E-state index contributed by atoms with van der Waals surface area (Å²) in [6.45, 7) is 5.33. The number of aryl methyl sites for hydroxylation is 2. The third kappa shape index (κ3) is 2.91. The number of carbonyl (C=O) groups excluding carboxylic acids is 1. The number of aromatic nitrogens is 1. The van der Waals surface area contributed by atoms with Crippen LogP contribution in [0.1, 0.15) is 27.2 Å². The lowest BCUT2D eigenvalue weighted by molar-refractivity contribution is 0.102. The smallest absolute Gasteiger partial charge is 0.255 e. The number of phenols is 1. The summed E-state index contributed by atoms with van der Waals surface area (Å²) in [5.41, 5.74) is 3.08. The van der Waals surface area contributed by atoms with Crippen LogP contribution in [0, 0.1) is 20.8 Å². The minimum absolute atomic E-state index is 0.187. The molecular formula is C15H15ClN2O2. The molecule has 4 nitrogen and oxygen atoms in total. The van der Waals surface area contributed by atoms with Crippen molar-refractivity contribution >= 4 is 23.2 Å². The highest BCUT2D eigenvalue weighted by molar-refractivity contribution is 6.29. The van der Waals surface area contributed by atoms with E-state index in [-0.39, 0.29) is 16.8 Å². The predicted molar refractivity (Wildman–Crippen MR) is 79.5 cm³/mol. The number of aromatic hydroxyl groups is 1. The van der Waals surface area contributed by atoms with Crippen molar-refractivity contribution in [2.75, 3.05) is 5.32 Å². The number of hydrogen-bond acceptors (Lipinski definition) is 3. The van der Waals surface area contributed by atoms with Gasteiger partial charge in [-0.1, -0.05) is 17.7 Å². The molecule has 104 valence electrons. The molecule has 0 atom stereocenters. The van der Waals surface area contributed by atoms with E-state index in [4.69, 9.17) is 11.6 Å². The SMILES string of the molecule is Cc1cc(C(=O)Nc2ccc(C)c(O)c2C)cc(Cl)n1. The third-order valence-electron chi connectivity index (χ3n) is 3.07. The molecule has 1 amide bonds. The minimum Gasteiger partial charge on any atom is -0.507 e. The van der Waals surface area contributed by atoms with Gasteiger partial charge in [-0.2, -0.15) is 0 Å². The Kier molecular flexibility index (Phi) is 3.95. The molecule has 1 aromatic carbocycles. The fourth-order valence-electron chi connectivity index (χ4n) is 1.92. The number of rotatable bonds is 2. The van der Waals surface area contributed by atoms with E-state index < -0.39 is 0 Å². The Morgan fingerprint density at radius 2 is 1.95 bits per heavy atom. The zero-order valence-corrected chi connectivity index (χ0v) is 12.2. The van der Waals surface area contributed by atoms with Crippen molar-refractivity contribution in [3.8, 4) is 5.75 Å². The fourth-order valence-corrected chi connectivity index (χ4v) is 2.18. The van der Waals surface area contributed by atoms with Crippen molar-refractivity contribution in [3.05, 3.63) is 51.8 Å². The second-order valence-electron chi connectivity index (χ2n) is 4.68. The molecule has 20 heavy (non-hydrogen) atoms. The van der Waals surface area contributed by atoms with E-state index in [0.717, 1.165) is 5.56 Å². The molecule has 2 aromatic rings. The number of benzene rings is 1. The average Bonchev–Trinajstić information content (AvgIpc) is 2.38. The van der Waals surface area contributed by atoms with Crippen LogP contribution in [0.5, 0.6) is 5.75 Å². The quantitative estimate of drug-likeness (QED) is 0.830. The minimum atomic E-state index is -0.288. The van der Waals surface area contributed by atoms with Crippen molar-refractivity contribution in [1.29, 1.82) is 0 Å². The maximum atomic E-state index is 12.2. The molecule has 1 heterocycles. The molecule has 2 rings (SSSR count). The van der Waals surface area contributed by atoms with Gasteiger partial charge < -0.3 is 10.4 Å². The molecular weight excluding hydrogens is 276 g/mol. The van der Waals surface area contributed by atoms with Crippen LogP contribution in [0.25, 0.3) is 0 Å². The highest BCUT2D eigenvalue weighted by Crippen LogP contribution is 2.28. The normalized spacial score (nSPS) is 10.4. The van der Waals surface area contributed by atoms with Gasteiger partial charge in [0, 0.05) is 22.5 Å². The maximum Gasteiger partial charge on any atom is 0.255 e. The van der Waals surface area contributed by atoms with E-state index in [2.05, 4.69) is 10.3 Å². The second kappa shape index (κ2) is 5.51. The molecule has 5 heteroatoms. The van der Waals surface area contributed by atoms with E-state index in [1.807, 2.05) is 0 Å². The summed E-state index contributed by atoms with van der Waals surface area (Å²) in [4.78, 5) is 16.2. The Bertz CT molecular complexity index is 664. The van der Waals surface area contributed by atoms with Gasteiger partial charge in [-0.25, -0.2) is 4.98 Å². The molecule has 0 saturated carbocycles. The lowest BCUT2D eigenvalue weighted by Crippen LogP contribution is -2.13. The van der Waals surface area contributed by atoms with Crippen LogP contribution in [-0.4, -0.2) is 16.0 Å². The van der Waals surface area contributed by atoms with Gasteiger partial charge >= 0.3 is 0 Å². The Morgan fingerprint density at radius 1 is 1.25 bits per heavy atom. The lowest BCUT2D eigenvalue weighted by atomic mass is 10.1. The van der Waals surface area contributed by atoms with Crippen LogP contribution in [0.2, 0.25) is 5.15 Å². The van der Waals surface area contributed by atoms with Crippen LogP contribution in [-0.2, 0) is 0 Å². The summed E-state index contributed by atoms with van der Waals surface area (Å²) in [7, 11) is 0. The molecule has 0 bridgehead atoms. The molecule has 1 aromatic heterocycles. The Labute approximate surface area is 122 Å². The van der Waals surface area contributed by atoms with Gasteiger partial charge in [0.05, 0.1) is 0 Å². The number of phenolic OH excluding ortho intramolecular Hbond substituents is 1. The fraction of sp³-hybridized carbons (Fsp3) is 0.200. The number of amides is 1. The van der Waals surface area contributed by atoms with Gasteiger partial charge in [0.25, 0.3) is 5.91 Å². The Hall–Kier alpha value is -2.07. The molecule has 0 fully saturated rings. The van der Waals surface area contributed by atoms with Gasteiger partial charge in [0.15, 0.2) is 0 Å². The summed E-state index contributed by atoms with van der Waals surface area (Å²) in [5.74, 6) is -0.101. The first kappa shape index (κ1) is 14.3. The first-order chi connectivity index (χ1) is 9.38. The summed E-state index contributed by atoms with van der Waals surface area (Å²) >= 11 is 5.84. The number of anilines is 1. The van der Waals surface area contributed by atoms with Gasteiger partial charge in [0.1, 0.15) is 10.9 Å². The summed E-state index contributed by atoms with van der Waals surface area (Å²) in [6.07, 6.45) is 0. The highest BCUT2D eigenvalue weighted by atomic mass is 35.5. The Balaban J connectivity index is 2.30. The molecule has 2 N–H and O–H groups in total. The standard InChI is InChI=1S/C15H15ClN2O2/c1-8-4-5-12(10(3)14(8)19)18-15(20)11-6-9(2)17-13(16)7-11/h4-7,19H,1-3H3,(H,18,20). The number of halogens is 1. The van der Waals surface area contributed by atoms with Crippen molar-refractivity contribution < 1.29 is 9.90 Å². The van der Waals surface area contributed by atoms with Gasteiger partial charge in [-0.05, 0) is 44.5 Å². The molecule has 0 aliphatic heterocycles. The van der Waals surface area contributed by atoms with Crippen LogP contribution in [0.15, 0.2) is 24.3 Å². The monoisotopic (exact) mass is 290 g/mol. The zero-order valence-electron chi connectivity index (χ0n) is 11.5. The first-order valence-electron chi connectivity index (χ1n) is 6.13. The zero-order chi connectivity index (χ0) is 14.9. The van der Waals surface area contributed by atoms with Crippen LogP contribution >= 0.6 is 11.6 Å². The van der Waals surface area contributed by atoms with Crippen LogP contribution < -0.4 is 5.32 Å². The predicted octanol–water partition coefficient (Wildman–Crippen LogP) is 3.62. The van der Waals surface area contributed by atoms with Crippen molar-refractivity contribution in [1.82, 2.24) is 4.98 Å². The first-order valence-corrected chi connectivity index (χ1v) is 6.51. The Morgan fingerprint density at radius 3 is 2.60 bits per heavy atom. The molecule has 0 aliphatic rings. The molecule has 0 saturated heterocycles. The molecule has 0 spiro atoms. The lowest BCUT2D eigenvalue weighted by Gasteiger charge is -2.11. The highest BCUT2D eigenvalue weighted by Gasteiger charge is 2.12. The van der Waals surface area contributed by atoms with E-state index in [0.29, 0.717) is 22.5 Å². The van der Waals surface area contributed by atoms with Crippen molar-refractivity contribution in [2.45, 2.75) is 20.8 Å². The summed E-state index contributed by atoms with van der Waals surface area (Å²) in [6, 6.07) is 6.68. The topological polar surface area (TPSA) is 62.2 Å². The maximum absolute atomic E-state index is 12.2. The third-order valence-corrected chi connectivity index (χ3v) is 3.26. The number of nitrogens with one attached hydrogen (secondary N) is 1. The van der Waals surface area contributed by atoms with Crippen LogP contribution in [0.4, 0.5) is 5.69 Å². The van der Waals surface area contributed by atoms with Crippen molar-refractivity contribution in [2.24, 2.45) is 0 Å². The molecule has 0 unspecified atom stereocenters. The number of nitrogens with zero attached hydrogens (tertiary/aromatic N) is 1. The van der Waals surface area contributed by atoms with Gasteiger partial charge in [0.2, 0.25) is 0 Å².